The van der Waals surface area contributed by atoms with E-state index >= 15 is 0 Å². The Morgan fingerprint density at radius 1 is 1.44 bits per heavy atom. The quantitative estimate of drug-likeness (QED) is 0.841. The molecule has 1 N–H and O–H groups in total. The lowest BCUT2D eigenvalue weighted by Crippen LogP contribution is -2.32. The van der Waals surface area contributed by atoms with Gasteiger partial charge < -0.3 is 5.11 Å². The first-order valence-electron chi connectivity index (χ1n) is 5.06. The van der Waals surface area contributed by atoms with Crippen molar-refractivity contribution in [1.29, 1.82) is 0 Å². The summed E-state index contributed by atoms with van der Waals surface area (Å²) in [4.78, 5) is 0. The van der Waals surface area contributed by atoms with Crippen molar-refractivity contribution >= 4 is 9.84 Å². The van der Waals surface area contributed by atoms with Crippen molar-refractivity contribution in [2.45, 2.75) is 18.4 Å². The van der Waals surface area contributed by atoms with Crippen LogP contribution in [0.25, 0.3) is 0 Å². The molecule has 2 rings (SSSR count). The summed E-state index contributed by atoms with van der Waals surface area (Å²) in [5, 5.41) is 10.1. The lowest BCUT2D eigenvalue weighted by molar-refractivity contribution is 0.0681. The first-order valence-corrected chi connectivity index (χ1v) is 6.88. The van der Waals surface area contributed by atoms with Crippen molar-refractivity contribution in [1.82, 2.24) is 0 Å². The summed E-state index contributed by atoms with van der Waals surface area (Å²) in [7, 11) is -3.13. The van der Waals surface area contributed by atoms with E-state index in [0.29, 0.717) is 5.56 Å². The van der Waals surface area contributed by atoms with Gasteiger partial charge in [-0.25, -0.2) is 12.8 Å². The topological polar surface area (TPSA) is 54.4 Å². The van der Waals surface area contributed by atoms with E-state index in [2.05, 4.69) is 0 Å². The molecule has 1 aliphatic heterocycles. The van der Waals surface area contributed by atoms with Crippen LogP contribution in [0.1, 0.15) is 12.0 Å². The van der Waals surface area contributed by atoms with E-state index in [9.17, 15) is 17.9 Å². The number of aliphatic hydroxyl groups is 1. The van der Waals surface area contributed by atoms with E-state index in [1.807, 2.05) is 0 Å². The molecule has 0 aliphatic carbocycles. The minimum absolute atomic E-state index is 0.0127. The van der Waals surface area contributed by atoms with Crippen LogP contribution in [0.5, 0.6) is 0 Å². The van der Waals surface area contributed by atoms with E-state index in [1.165, 1.54) is 12.1 Å². The Morgan fingerprint density at radius 3 is 2.75 bits per heavy atom. The summed E-state index contributed by atoms with van der Waals surface area (Å²) in [6.07, 6.45) is 0.413. The molecule has 0 amide bonds. The maximum absolute atomic E-state index is 12.9. The van der Waals surface area contributed by atoms with Gasteiger partial charge in [0.1, 0.15) is 5.82 Å². The fourth-order valence-corrected chi connectivity index (χ4v) is 3.97. The number of benzene rings is 1. The van der Waals surface area contributed by atoms with Crippen LogP contribution in [0.3, 0.4) is 0 Å². The van der Waals surface area contributed by atoms with Crippen LogP contribution in [-0.2, 0) is 16.3 Å². The van der Waals surface area contributed by atoms with Crippen LogP contribution in [-0.4, -0.2) is 30.6 Å². The SMILES string of the molecule is O=S1(=O)CCC(O)(Cc2cccc(F)c2)C1. The van der Waals surface area contributed by atoms with Gasteiger partial charge >= 0.3 is 0 Å². The van der Waals surface area contributed by atoms with Crippen LogP contribution < -0.4 is 0 Å². The molecule has 1 atom stereocenters. The molecule has 5 heteroatoms. The number of hydrogen-bond donors (Lipinski definition) is 1. The van der Waals surface area contributed by atoms with Crippen LogP contribution >= 0.6 is 0 Å². The van der Waals surface area contributed by atoms with E-state index in [4.69, 9.17) is 0 Å². The third-order valence-electron chi connectivity index (χ3n) is 2.79. The molecule has 16 heavy (non-hydrogen) atoms. The van der Waals surface area contributed by atoms with Crippen LogP contribution in [0, 0.1) is 5.82 Å². The second-order valence-corrected chi connectivity index (χ2v) is 6.56. The molecule has 1 heterocycles. The lowest BCUT2D eigenvalue weighted by atomic mass is 9.94. The van der Waals surface area contributed by atoms with Crippen molar-refractivity contribution in [2.24, 2.45) is 0 Å². The van der Waals surface area contributed by atoms with Crippen molar-refractivity contribution in [2.75, 3.05) is 11.5 Å². The number of halogens is 1. The van der Waals surface area contributed by atoms with Crippen molar-refractivity contribution in [3.63, 3.8) is 0 Å². The average molecular weight is 244 g/mol. The van der Waals surface area contributed by atoms with Gasteiger partial charge in [-0.2, -0.15) is 0 Å². The Balaban J connectivity index is 2.16. The van der Waals surface area contributed by atoms with Crippen LogP contribution in [0.4, 0.5) is 4.39 Å². The molecule has 0 bridgehead atoms. The molecular weight excluding hydrogens is 231 g/mol. The average Bonchev–Trinajstić information content (AvgIpc) is 2.40. The summed E-state index contributed by atoms with van der Waals surface area (Å²) in [6.45, 7) is 0. The largest absolute Gasteiger partial charge is 0.388 e. The molecule has 1 unspecified atom stereocenters. The molecule has 0 spiro atoms. The molecule has 88 valence electrons. The summed E-state index contributed by atoms with van der Waals surface area (Å²) in [6, 6.07) is 5.88. The lowest BCUT2D eigenvalue weighted by Gasteiger charge is -2.20. The van der Waals surface area contributed by atoms with Crippen molar-refractivity contribution in [3.8, 4) is 0 Å². The van der Waals surface area contributed by atoms with E-state index < -0.39 is 15.4 Å². The zero-order chi connectivity index (χ0) is 11.8. The van der Waals surface area contributed by atoms with Crippen LogP contribution in [0.15, 0.2) is 24.3 Å². The highest BCUT2D eigenvalue weighted by molar-refractivity contribution is 7.91. The van der Waals surface area contributed by atoms with Gasteiger partial charge in [0.2, 0.25) is 0 Å². The van der Waals surface area contributed by atoms with Crippen LogP contribution in [0.2, 0.25) is 0 Å². The molecule has 1 aromatic carbocycles. The zero-order valence-corrected chi connectivity index (χ0v) is 9.50. The Bertz CT molecular complexity index is 498. The van der Waals surface area contributed by atoms with E-state index in [0.717, 1.165) is 0 Å². The molecule has 1 aromatic rings. The van der Waals surface area contributed by atoms with E-state index in [-0.39, 0.29) is 30.2 Å². The predicted molar refractivity (Wildman–Crippen MR) is 58.3 cm³/mol. The minimum atomic E-state index is -3.13. The third-order valence-corrected chi connectivity index (χ3v) is 4.59. The molecule has 1 aliphatic rings. The Labute approximate surface area is 93.8 Å². The molecule has 3 nitrogen and oxygen atoms in total. The second kappa shape index (κ2) is 3.82. The summed E-state index contributed by atoms with van der Waals surface area (Å²) in [5.41, 5.74) is -0.605. The fraction of sp³-hybridized carbons (Fsp3) is 0.455. The zero-order valence-electron chi connectivity index (χ0n) is 8.69. The highest BCUT2D eigenvalue weighted by Crippen LogP contribution is 2.27. The second-order valence-electron chi connectivity index (χ2n) is 4.37. The number of hydrogen-bond acceptors (Lipinski definition) is 3. The monoisotopic (exact) mass is 244 g/mol. The highest BCUT2D eigenvalue weighted by atomic mass is 32.2. The molecular formula is C11H13FO3S. The van der Waals surface area contributed by atoms with Gasteiger partial charge in [-0.05, 0) is 24.1 Å². The fourth-order valence-electron chi connectivity index (χ4n) is 2.07. The molecule has 0 saturated carbocycles. The first kappa shape index (κ1) is 11.5. The minimum Gasteiger partial charge on any atom is -0.388 e. The number of rotatable bonds is 2. The number of sulfone groups is 1. The Hall–Kier alpha value is -0.940. The smallest absolute Gasteiger partial charge is 0.153 e. The van der Waals surface area contributed by atoms with Crippen molar-refractivity contribution in [3.05, 3.63) is 35.6 Å². The van der Waals surface area contributed by atoms with Gasteiger partial charge in [-0.3, -0.25) is 0 Å². The van der Waals surface area contributed by atoms with E-state index in [1.54, 1.807) is 12.1 Å². The van der Waals surface area contributed by atoms with Gasteiger partial charge in [0.15, 0.2) is 9.84 Å². The van der Waals surface area contributed by atoms with Gasteiger partial charge in [-0.1, -0.05) is 12.1 Å². The first-order chi connectivity index (χ1) is 7.39. The van der Waals surface area contributed by atoms with Gasteiger partial charge in [0.05, 0.1) is 17.1 Å². The van der Waals surface area contributed by atoms with Gasteiger partial charge in [0, 0.05) is 6.42 Å². The molecule has 1 fully saturated rings. The summed E-state index contributed by atoms with van der Waals surface area (Å²) in [5.74, 6) is -0.586. The third kappa shape index (κ3) is 2.59. The molecule has 1 saturated heterocycles. The van der Waals surface area contributed by atoms with Gasteiger partial charge in [-0.15, -0.1) is 0 Å². The molecule has 0 radical (unpaired) electrons. The standard InChI is InChI=1S/C11H13FO3S/c12-10-3-1-2-9(6-10)7-11(13)4-5-16(14,15)8-11/h1-3,6,13H,4-5,7-8H2. The Kier molecular flexibility index (Phi) is 2.75. The maximum atomic E-state index is 12.9. The maximum Gasteiger partial charge on any atom is 0.153 e. The predicted octanol–water partition coefficient (Wildman–Crippen LogP) is 0.918. The van der Waals surface area contributed by atoms with Crippen molar-refractivity contribution < 1.29 is 17.9 Å². The summed E-state index contributed by atoms with van der Waals surface area (Å²) < 4.78 is 35.5. The summed E-state index contributed by atoms with van der Waals surface area (Å²) >= 11 is 0. The normalized spacial score (nSPS) is 28.1. The highest BCUT2D eigenvalue weighted by Gasteiger charge is 2.40. The molecule has 0 aromatic heterocycles. The Morgan fingerprint density at radius 2 is 2.19 bits per heavy atom. The van der Waals surface area contributed by atoms with Gasteiger partial charge in [0.25, 0.3) is 0 Å².